The van der Waals surface area contributed by atoms with Crippen LogP contribution in [0.5, 0.6) is 0 Å². The van der Waals surface area contributed by atoms with E-state index in [1.165, 1.54) is 12.1 Å². The summed E-state index contributed by atoms with van der Waals surface area (Å²) in [6.07, 6.45) is 0.960. The number of hydrogen-bond acceptors (Lipinski definition) is 4. The molecule has 126 valence electrons. The third kappa shape index (κ3) is 3.71. The molecule has 6 heteroatoms. The maximum atomic E-state index is 13.7. The Bertz CT molecular complexity index is 542. The normalized spacial score (nSPS) is 23.7. The molecule has 1 aromatic rings. The van der Waals surface area contributed by atoms with Gasteiger partial charge in [-0.3, -0.25) is 9.69 Å². The van der Waals surface area contributed by atoms with Crippen molar-refractivity contribution in [3.8, 4) is 0 Å². The minimum atomic E-state index is -0.444. The molecule has 2 atom stereocenters. The van der Waals surface area contributed by atoms with Crippen LogP contribution in [0, 0.1) is 5.82 Å². The lowest BCUT2D eigenvalue weighted by molar-refractivity contribution is -0.139. The summed E-state index contributed by atoms with van der Waals surface area (Å²) in [4.78, 5) is 17.1. The molecular weight excluding hydrogens is 297 g/mol. The average Bonchev–Trinajstić information content (AvgIpc) is 3.10. The largest absolute Gasteiger partial charge is 0.379 e. The number of benzene rings is 1. The molecule has 2 aliphatic rings. The summed E-state index contributed by atoms with van der Waals surface area (Å²) >= 11 is 0. The number of morpholine rings is 1. The second-order valence-corrected chi connectivity index (χ2v) is 6.20. The van der Waals surface area contributed by atoms with Gasteiger partial charge in [-0.15, -0.1) is 0 Å². The van der Waals surface area contributed by atoms with E-state index in [0.717, 1.165) is 25.1 Å². The van der Waals surface area contributed by atoms with E-state index in [1.807, 2.05) is 18.0 Å². The highest BCUT2D eigenvalue weighted by atomic mass is 19.1. The Hall–Kier alpha value is -1.50. The molecule has 2 heterocycles. The monoisotopic (exact) mass is 321 g/mol. The van der Waals surface area contributed by atoms with Crippen molar-refractivity contribution in [2.45, 2.75) is 18.5 Å². The zero-order chi connectivity index (χ0) is 16.2. The van der Waals surface area contributed by atoms with Crippen LogP contribution in [0.15, 0.2) is 24.3 Å². The fourth-order valence-electron chi connectivity index (χ4n) is 3.36. The first-order chi connectivity index (χ1) is 11.2. The smallest absolute Gasteiger partial charge is 0.244 e. The van der Waals surface area contributed by atoms with Gasteiger partial charge in [0.15, 0.2) is 0 Å². The van der Waals surface area contributed by atoms with Crippen molar-refractivity contribution in [1.29, 1.82) is 0 Å². The van der Waals surface area contributed by atoms with Crippen molar-refractivity contribution in [2.75, 3.05) is 46.4 Å². The van der Waals surface area contributed by atoms with Gasteiger partial charge >= 0.3 is 0 Å². The second kappa shape index (κ2) is 7.38. The zero-order valence-corrected chi connectivity index (χ0v) is 13.5. The van der Waals surface area contributed by atoms with E-state index in [4.69, 9.17) is 4.74 Å². The number of carbonyl (C=O) groups excluding carboxylic acids is 1. The molecule has 0 saturated carbocycles. The summed E-state index contributed by atoms with van der Waals surface area (Å²) in [5.74, 6) is -0.273. The molecule has 23 heavy (non-hydrogen) atoms. The first-order valence-electron chi connectivity index (χ1n) is 8.21. The van der Waals surface area contributed by atoms with E-state index in [2.05, 4.69) is 10.2 Å². The molecule has 2 aliphatic heterocycles. The molecule has 2 fully saturated rings. The molecule has 0 spiro atoms. The molecule has 1 amide bonds. The lowest BCUT2D eigenvalue weighted by Crippen LogP contribution is -2.49. The highest BCUT2D eigenvalue weighted by Gasteiger charge is 2.34. The Morgan fingerprint density at radius 3 is 2.87 bits per heavy atom. The quantitative estimate of drug-likeness (QED) is 0.899. The van der Waals surface area contributed by atoms with E-state index in [9.17, 15) is 9.18 Å². The van der Waals surface area contributed by atoms with Gasteiger partial charge in [-0.05, 0) is 30.7 Å². The molecule has 3 rings (SSSR count). The molecule has 0 aliphatic carbocycles. The summed E-state index contributed by atoms with van der Waals surface area (Å²) in [6, 6.07) is 6.15. The van der Waals surface area contributed by atoms with E-state index < -0.39 is 6.04 Å². The van der Waals surface area contributed by atoms with E-state index >= 15 is 0 Å². The highest BCUT2D eigenvalue weighted by Crippen LogP contribution is 2.26. The summed E-state index contributed by atoms with van der Waals surface area (Å²) in [6.45, 7) is 4.33. The summed E-state index contributed by atoms with van der Waals surface area (Å²) in [7, 11) is 1.85. The van der Waals surface area contributed by atoms with Crippen LogP contribution >= 0.6 is 0 Å². The lowest BCUT2D eigenvalue weighted by Gasteiger charge is -2.37. The zero-order valence-electron chi connectivity index (χ0n) is 13.5. The van der Waals surface area contributed by atoms with Crippen LogP contribution in [0.3, 0.4) is 0 Å². The van der Waals surface area contributed by atoms with Gasteiger partial charge in [-0.2, -0.15) is 0 Å². The average molecular weight is 321 g/mol. The van der Waals surface area contributed by atoms with E-state index in [0.29, 0.717) is 26.3 Å². The van der Waals surface area contributed by atoms with Crippen molar-refractivity contribution in [3.63, 3.8) is 0 Å². The van der Waals surface area contributed by atoms with Gasteiger partial charge in [0.05, 0.1) is 13.2 Å². The molecule has 1 N–H and O–H groups in total. The number of amides is 1. The van der Waals surface area contributed by atoms with Crippen LogP contribution in [-0.2, 0) is 9.53 Å². The van der Waals surface area contributed by atoms with E-state index in [-0.39, 0.29) is 17.8 Å². The molecule has 0 bridgehead atoms. The van der Waals surface area contributed by atoms with E-state index in [1.54, 1.807) is 6.07 Å². The molecule has 1 aromatic carbocycles. The van der Waals surface area contributed by atoms with Crippen molar-refractivity contribution >= 4 is 5.91 Å². The summed E-state index contributed by atoms with van der Waals surface area (Å²) in [5, 5.41) is 3.29. The maximum Gasteiger partial charge on any atom is 0.244 e. The van der Waals surface area contributed by atoms with Gasteiger partial charge in [0.25, 0.3) is 0 Å². The van der Waals surface area contributed by atoms with Crippen molar-refractivity contribution in [2.24, 2.45) is 0 Å². The second-order valence-electron chi connectivity index (χ2n) is 6.20. The summed E-state index contributed by atoms with van der Waals surface area (Å²) < 4.78 is 19.1. The van der Waals surface area contributed by atoms with Crippen LogP contribution in [0.1, 0.15) is 18.0 Å². The fourth-order valence-corrected chi connectivity index (χ4v) is 3.36. The lowest BCUT2D eigenvalue weighted by atomic mass is 10.0. The number of nitrogens with one attached hydrogen (secondary N) is 1. The number of rotatable bonds is 4. The minimum Gasteiger partial charge on any atom is -0.379 e. The number of ether oxygens (including phenoxy) is 1. The highest BCUT2D eigenvalue weighted by molar-refractivity contribution is 5.83. The molecule has 0 aromatic heterocycles. The predicted molar refractivity (Wildman–Crippen MR) is 85.6 cm³/mol. The van der Waals surface area contributed by atoms with Crippen molar-refractivity contribution in [3.05, 3.63) is 35.6 Å². The molecule has 5 nitrogen and oxygen atoms in total. The van der Waals surface area contributed by atoms with Crippen LogP contribution in [-0.4, -0.2) is 68.2 Å². The van der Waals surface area contributed by atoms with Crippen LogP contribution in [0.2, 0.25) is 0 Å². The number of halogens is 1. The minimum absolute atomic E-state index is 0.0335. The number of nitrogens with zero attached hydrogens (tertiary/aromatic N) is 2. The standard InChI is InChI=1S/C17H24FN3O2/c1-20(15-5-6-19-12-15)17(22)16(21-7-9-23-10-8-21)13-3-2-4-14(18)11-13/h2-4,11,15-16,19H,5-10,12H2,1H3. The molecule has 2 unspecified atom stereocenters. The van der Waals surface area contributed by atoms with Crippen molar-refractivity contribution < 1.29 is 13.9 Å². The third-order valence-electron chi connectivity index (χ3n) is 4.74. The Kier molecular flexibility index (Phi) is 5.25. The number of likely N-dealkylation sites (N-methyl/N-ethyl adjacent to an activating group) is 1. The predicted octanol–water partition coefficient (Wildman–Crippen LogP) is 1.02. The molecular formula is C17H24FN3O2. The van der Waals surface area contributed by atoms with Crippen LogP contribution < -0.4 is 5.32 Å². The SMILES string of the molecule is CN(C(=O)C(c1cccc(F)c1)N1CCOCC1)C1CCNC1. The van der Waals surface area contributed by atoms with Gasteiger partial charge < -0.3 is 15.0 Å². The van der Waals surface area contributed by atoms with Gasteiger partial charge in [0, 0.05) is 32.7 Å². The van der Waals surface area contributed by atoms with Gasteiger partial charge in [0.2, 0.25) is 5.91 Å². The first-order valence-corrected chi connectivity index (χ1v) is 8.21. The Labute approximate surface area is 136 Å². The number of hydrogen-bond donors (Lipinski definition) is 1. The van der Waals surface area contributed by atoms with Gasteiger partial charge in [-0.25, -0.2) is 4.39 Å². The Morgan fingerprint density at radius 1 is 1.43 bits per heavy atom. The molecule has 2 saturated heterocycles. The van der Waals surface area contributed by atoms with Crippen LogP contribution in [0.4, 0.5) is 4.39 Å². The fraction of sp³-hybridized carbons (Fsp3) is 0.588. The first kappa shape index (κ1) is 16.4. The molecule has 0 radical (unpaired) electrons. The van der Waals surface area contributed by atoms with Crippen molar-refractivity contribution in [1.82, 2.24) is 15.1 Å². The Balaban J connectivity index is 1.85. The summed E-state index contributed by atoms with van der Waals surface area (Å²) in [5.41, 5.74) is 0.717. The van der Waals surface area contributed by atoms with Gasteiger partial charge in [-0.1, -0.05) is 12.1 Å². The third-order valence-corrected chi connectivity index (χ3v) is 4.74. The topological polar surface area (TPSA) is 44.8 Å². The Morgan fingerprint density at radius 2 is 2.22 bits per heavy atom. The van der Waals surface area contributed by atoms with Gasteiger partial charge in [0.1, 0.15) is 11.9 Å². The maximum absolute atomic E-state index is 13.7. The van der Waals surface area contributed by atoms with Crippen LogP contribution in [0.25, 0.3) is 0 Å². The number of carbonyl (C=O) groups is 1.